The molecule has 0 aromatic carbocycles. The number of amides is 1. The van der Waals surface area contributed by atoms with Crippen molar-refractivity contribution in [2.45, 2.75) is 45.3 Å². The smallest absolute Gasteiger partial charge is 0.309 e. The van der Waals surface area contributed by atoms with E-state index in [4.69, 9.17) is 4.74 Å². The zero-order valence-electron chi connectivity index (χ0n) is 8.66. The SMILES string of the molecule is CC(C)OC(=O)C1CCC(NC=O)C1. The molecule has 14 heavy (non-hydrogen) atoms. The van der Waals surface area contributed by atoms with Gasteiger partial charge in [0.05, 0.1) is 12.0 Å². The summed E-state index contributed by atoms with van der Waals surface area (Å²) in [5, 5.41) is 2.69. The van der Waals surface area contributed by atoms with E-state index in [-0.39, 0.29) is 24.0 Å². The number of ether oxygens (including phenoxy) is 1. The van der Waals surface area contributed by atoms with Gasteiger partial charge in [-0.05, 0) is 33.1 Å². The summed E-state index contributed by atoms with van der Waals surface area (Å²) in [5.41, 5.74) is 0. The minimum Gasteiger partial charge on any atom is -0.463 e. The van der Waals surface area contributed by atoms with Crippen molar-refractivity contribution in [2.24, 2.45) is 5.92 Å². The van der Waals surface area contributed by atoms with E-state index < -0.39 is 0 Å². The Hall–Kier alpha value is -1.06. The van der Waals surface area contributed by atoms with Crippen LogP contribution >= 0.6 is 0 Å². The van der Waals surface area contributed by atoms with Gasteiger partial charge in [-0.15, -0.1) is 0 Å². The van der Waals surface area contributed by atoms with E-state index in [1.165, 1.54) is 0 Å². The quantitative estimate of drug-likeness (QED) is 0.539. The molecule has 1 fully saturated rings. The predicted molar refractivity (Wildman–Crippen MR) is 51.6 cm³/mol. The molecule has 0 spiro atoms. The molecule has 2 atom stereocenters. The van der Waals surface area contributed by atoms with Crippen molar-refractivity contribution in [3.63, 3.8) is 0 Å². The number of hydrogen-bond donors (Lipinski definition) is 1. The van der Waals surface area contributed by atoms with Crippen LogP contribution in [-0.2, 0) is 14.3 Å². The van der Waals surface area contributed by atoms with E-state index in [1.54, 1.807) is 0 Å². The highest BCUT2D eigenvalue weighted by Gasteiger charge is 2.30. The Labute approximate surface area is 84.0 Å². The summed E-state index contributed by atoms with van der Waals surface area (Å²) in [7, 11) is 0. The second-order valence-corrected chi connectivity index (χ2v) is 3.98. The van der Waals surface area contributed by atoms with Gasteiger partial charge in [0, 0.05) is 6.04 Å². The highest BCUT2D eigenvalue weighted by molar-refractivity contribution is 5.73. The van der Waals surface area contributed by atoms with Crippen LogP contribution < -0.4 is 5.32 Å². The zero-order chi connectivity index (χ0) is 10.6. The Bertz CT molecular complexity index is 215. The lowest BCUT2D eigenvalue weighted by Crippen LogP contribution is -2.26. The van der Waals surface area contributed by atoms with Crippen molar-refractivity contribution in [1.29, 1.82) is 0 Å². The van der Waals surface area contributed by atoms with Crippen molar-refractivity contribution >= 4 is 12.4 Å². The average Bonchev–Trinajstić information content (AvgIpc) is 2.52. The van der Waals surface area contributed by atoms with E-state index in [1.807, 2.05) is 13.8 Å². The molecular formula is C10H17NO3. The van der Waals surface area contributed by atoms with Crippen LogP contribution in [0.1, 0.15) is 33.1 Å². The standard InChI is InChI=1S/C10H17NO3/c1-7(2)14-10(13)8-3-4-9(5-8)11-6-12/h6-9H,3-5H2,1-2H3,(H,11,12). The van der Waals surface area contributed by atoms with E-state index >= 15 is 0 Å². The van der Waals surface area contributed by atoms with E-state index in [0.717, 1.165) is 12.8 Å². The van der Waals surface area contributed by atoms with Crippen LogP contribution in [0.15, 0.2) is 0 Å². The molecule has 0 aromatic heterocycles. The maximum Gasteiger partial charge on any atom is 0.309 e. The van der Waals surface area contributed by atoms with Gasteiger partial charge in [0.2, 0.25) is 6.41 Å². The molecule has 1 amide bonds. The maximum atomic E-state index is 11.5. The number of rotatable bonds is 4. The van der Waals surface area contributed by atoms with Crippen molar-refractivity contribution in [3.05, 3.63) is 0 Å². The molecule has 1 N–H and O–H groups in total. The number of hydrogen-bond acceptors (Lipinski definition) is 3. The van der Waals surface area contributed by atoms with Crippen LogP contribution in [0.5, 0.6) is 0 Å². The molecule has 2 unspecified atom stereocenters. The molecular weight excluding hydrogens is 182 g/mol. The number of carbonyl (C=O) groups is 2. The van der Waals surface area contributed by atoms with Gasteiger partial charge >= 0.3 is 5.97 Å². The Balaban J connectivity index is 2.33. The van der Waals surface area contributed by atoms with Gasteiger partial charge in [-0.2, -0.15) is 0 Å². The van der Waals surface area contributed by atoms with Crippen LogP contribution in [-0.4, -0.2) is 24.5 Å². The molecule has 0 radical (unpaired) electrons. The Morgan fingerprint density at radius 3 is 2.79 bits per heavy atom. The zero-order valence-corrected chi connectivity index (χ0v) is 8.66. The summed E-state index contributed by atoms with van der Waals surface area (Å²) in [6.45, 7) is 3.68. The molecule has 0 heterocycles. The molecule has 1 rings (SSSR count). The average molecular weight is 199 g/mol. The molecule has 1 saturated carbocycles. The lowest BCUT2D eigenvalue weighted by atomic mass is 10.1. The van der Waals surface area contributed by atoms with Crippen molar-refractivity contribution < 1.29 is 14.3 Å². The van der Waals surface area contributed by atoms with Gasteiger partial charge in [-0.3, -0.25) is 9.59 Å². The van der Waals surface area contributed by atoms with Gasteiger partial charge in [0.25, 0.3) is 0 Å². The predicted octanol–water partition coefficient (Wildman–Crippen LogP) is 0.853. The molecule has 80 valence electrons. The van der Waals surface area contributed by atoms with Crippen LogP contribution in [0.4, 0.5) is 0 Å². The monoisotopic (exact) mass is 199 g/mol. The first kappa shape index (κ1) is 11.0. The van der Waals surface area contributed by atoms with Gasteiger partial charge in [0.15, 0.2) is 0 Å². The van der Waals surface area contributed by atoms with Crippen molar-refractivity contribution in [1.82, 2.24) is 5.32 Å². The first-order valence-electron chi connectivity index (χ1n) is 5.03. The number of esters is 1. The lowest BCUT2D eigenvalue weighted by Gasteiger charge is -2.12. The Morgan fingerprint density at radius 2 is 2.21 bits per heavy atom. The topological polar surface area (TPSA) is 55.4 Å². The fraction of sp³-hybridized carbons (Fsp3) is 0.800. The Kier molecular flexibility index (Phi) is 3.92. The van der Waals surface area contributed by atoms with E-state index in [2.05, 4.69) is 5.32 Å². The lowest BCUT2D eigenvalue weighted by molar-refractivity contribution is -0.152. The normalized spacial score (nSPS) is 26.2. The van der Waals surface area contributed by atoms with Crippen molar-refractivity contribution in [2.75, 3.05) is 0 Å². The third-order valence-corrected chi connectivity index (χ3v) is 2.42. The number of nitrogens with one attached hydrogen (secondary N) is 1. The largest absolute Gasteiger partial charge is 0.463 e. The second-order valence-electron chi connectivity index (χ2n) is 3.98. The van der Waals surface area contributed by atoms with Crippen molar-refractivity contribution in [3.8, 4) is 0 Å². The first-order chi connectivity index (χ1) is 6.63. The summed E-state index contributed by atoms with van der Waals surface area (Å²) >= 11 is 0. The van der Waals surface area contributed by atoms with Crippen LogP contribution in [0.3, 0.4) is 0 Å². The molecule has 0 aliphatic heterocycles. The molecule has 0 saturated heterocycles. The summed E-state index contributed by atoms with van der Waals surface area (Å²) in [6, 6.07) is 0.150. The third-order valence-electron chi connectivity index (χ3n) is 2.42. The van der Waals surface area contributed by atoms with E-state index in [9.17, 15) is 9.59 Å². The summed E-state index contributed by atoms with van der Waals surface area (Å²) in [6.07, 6.45) is 3.04. The molecule has 1 aliphatic carbocycles. The highest BCUT2D eigenvalue weighted by Crippen LogP contribution is 2.26. The highest BCUT2D eigenvalue weighted by atomic mass is 16.5. The molecule has 4 heteroatoms. The van der Waals surface area contributed by atoms with E-state index in [0.29, 0.717) is 12.8 Å². The fourth-order valence-corrected chi connectivity index (χ4v) is 1.77. The van der Waals surface area contributed by atoms with Gasteiger partial charge < -0.3 is 10.1 Å². The van der Waals surface area contributed by atoms with Crippen LogP contribution in [0.25, 0.3) is 0 Å². The number of carbonyl (C=O) groups excluding carboxylic acids is 2. The molecule has 4 nitrogen and oxygen atoms in total. The van der Waals surface area contributed by atoms with Crippen LogP contribution in [0, 0.1) is 5.92 Å². The second kappa shape index (κ2) is 4.98. The first-order valence-corrected chi connectivity index (χ1v) is 5.03. The molecule has 1 aliphatic rings. The van der Waals surface area contributed by atoms with Gasteiger partial charge in [-0.25, -0.2) is 0 Å². The molecule has 0 bridgehead atoms. The summed E-state index contributed by atoms with van der Waals surface area (Å²) < 4.78 is 5.11. The summed E-state index contributed by atoms with van der Waals surface area (Å²) in [4.78, 5) is 21.7. The maximum absolute atomic E-state index is 11.5. The fourth-order valence-electron chi connectivity index (χ4n) is 1.77. The van der Waals surface area contributed by atoms with Gasteiger partial charge in [0.1, 0.15) is 0 Å². The van der Waals surface area contributed by atoms with Crippen LogP contribution in [0.2, 0.25) is 0 Å². The third kappa shape index (κ3) is 3.01. The summed E-state index contributed by atoms with van der Waals surface area (Å²) in [5.74, 6) is -0.162. The Morgan fingerprint density at radius 1 is 1.50 bits per heavy atom. The minimum absolute atomic E-state index is 0.0325. The minimum atomic E-state index is -0.129. The molecule has 0 aromatic rings. The van der Waals surface area contributed by atoms with Gasteiger partial charge in [-0.1, -0.05) is 0 Å².